The van der Waals surface area contributed by atoms with Gasteiger partial charge in [-0.15, -0.1) is 12.6 Å². The summed E-state index contributed by atoms with van der Waals surface area (Å²) in [5.41, 5.74) is 0. The molecular weight excluding hydrogens is 274 g/mol. The molecule has 0 aliphatic carbocycles. The van der Waals surface area contributed by atoms with Crippen LogP contribution in [0.25, 0.3) is 0 Å². The maximum absolute atomic E-state index is 5.57. The van der Waals surface area contributed by atoms with Crippen molar-refractivity contribution in [3.05, 3.63) is 0 Å². The Balaban J connectivity index is 1.77. The van der Waals surface area contributed by atoms with Gasteiger partial charge < -0.3 is 14.4 Å². The number of thiocarbonyl (C=S) groups is 1. The third-order valence-electron chi connectivity index (χ3n) is 3.10. The fourth-order valence-electron chi connectivity index (χ4n) is 2.18. The van der Waals surface area contributed by atoms with E-state index in [0.717, 1.165) is 54.8 Å². The number of hydrogen-bond donors (Lipinski definition) is 1. The summed E-state index contributed by atoms with van der Waals surface area (Å²) < 4.78 is 11.9. The van der Waals surface area contributed by atoms with Gasteiger partial charge in [-0.1, -0.05) is 12.2 Å². The monoisotopic (exact) mass is 293 g/mol. The fraction of sp³-hybridized carbons (Fsp3) is 0.909. The zero-order valence-electron chi connectivity index (χ0n) is 9.84. The molecule has 17 heavy (non-hydrogen) atoms. The minimum absolute atomic E-state index is 0.00832. The molecule has 0 amide bonds. The molecule has 0 spiro atoms. The van der Waals surface area contributed by atoms with E-state index < -0.39 is 0 Å². The van der Waals surface area contributed by atoms with Crippen LogP contribution in [0, 0.1) is 0 Å². The predicted octanol–water partition coefficient (Wildman–Crippen LogP) is 2.16. The standard InChI is InChI=1S/C11H19NO2S3/c15-11(16)12-4-7-17-8-9(12)2-3-10-13-5-1-6-14-10/h9-10H,1-8H2,(H,15,16). The van der Waals surface area contributed by atoms with Crippen LogP contribution in [0.5, 0.6) is 0 Å². The lowest BCUT2D eigenvalue weighted by Gasteiger charge is -2.36. The Morgan fingerprint density at radius 1 is 1.35 bits per heavy atom. The van der Waals surface area contributed by atoms with Gasteiger partial charge in [-0.3, -0.25) is 0 Å². The normalized spacial score (nSPS) is 27.1. The maximum atomic E-state index is 5.57. The highest BCUT2D eigenvalue weighted by Crippen LogP contribution is 2.23. The summed E-state index contributed by atoms with van der Waals surface area (Å²) in [5.74, 6) is 2.28. The van der Waals surface area contributed by atoms with Crippen LogP contribution in [0.1, 0.15) is 19.3 Å². The van der Waals surface area contributed by atoms with Gasteiger partial charge in [0.25, 0.3) is 0 Å². The molecule has 2 aliphatic rings. The number of ether oxygens (including phenoxy) is 2. The largest absolute Gasteiger partial charge is 0.353 e. The minimum atomic E-state index is -0.00832. The molecule has 1 unspecified atom stereocenters. The Morgan fingerprint density at radius 3 is 2.82 bits per heavy atom. The van der Waals surface area contributed by atoms with Gasteiger partial charge >= 0.3 is 0 Å². The van der Waals surface area contributed by atoms with Crippen molar-refractivity contribution in [2.45, 2.75) is 31.6 Å². The molecule has 2 saturated heterocycles. The number of hydrogen-bond acceptors (Lipinski definition) is 4. The first-order chi connectivity index (χ1) is 8.27. The Hall–Kier alpha value is 0.510. The average molecular weight is 293 g/mol. The van der Waals surface area contributed by atoms with Gasteiger partial charge in [-0.2, -0.15) is 11.8 Å². The molecule has 98 valence electrons. The first-order valence-electron chi connectivity index (χ1n) is 6.08. The van der Waals surface area contributed by atoms with E-state index in [1.807, 2.05) is 11.8 Å². The summed E-state index contributed by atoms with van der Waals surface area (Å²) in [4.78, 5) is 2.23. The molecule has 2 aliphatic heterocycles. The van der Waals surface area contributed by atoms with Crippen LogP contribution in [0.3, 0.4) is 0 Å². The van der Waals surface area contributed by atoms with Gasteiger partial charge in [-0.25, -0.2) is 0 Å². The van der Waals surface area contributed by atoms with E-state index in [9.17, 15) is 0 Å². The van der Waals surface area contributed by atoms with Crippen LogP contribution in [0.15, 0.2) is 0 Å². The highest BCUT2D eigenvalue weighted by atomic mass is 32.2. The molecule has 0 radical (unpaired) electrons. The molecular formula is C11H19NO2S3. The molecule has 0 N–H and O–H groups in total. The van der Waals surface area contributed by atoms with E-state index in [1.54, 1.807) is 0 Å². The van der Waals surface area contributed by atoms with E-state index >= 15 is 0 Å². The lowest BCUT2D eigenvalue weighted by Crippen LogP contribution is -2.44. The van der Waals surface area contributed by atoms with Crippen LogP contribution in [-0.2, 0) is 9.47 Å². The summed E-state index contributed by atoms with van der Waals surface area (Å²) in [6.45, 7) is 2.68. The zero-order chi connectivity index (χ0) is 12.1. The van der Waals surface area contributed by atoms with Crippen molar-refractivity contribution in [1.82, 2.24) is 4.90 Å². The maximum Gasteiger partial charge on any atom is 0.157 e. The van der Waals surface area contributed by atoms with E-state index in [0.29, 0.717) is 6.04 Å². The fourth-order valence-corrected chi connectivity index (χ4v) is 3.79. The van der Waals surface area contributed by atoms with Crippen LogP contribution in [0.4, 0.5) is 0 Å². The number of thiol groups is 1. The number of thioether (sulfide) groups is 1. The van der Waals surface area contributed by atoms with Crippen molar-refractivity contribution < 1.29 is 9.47 Å². The minimum Gasteiger partial charge on any atom is -0.353 e. The van der Waals surface area contributed by atoms with E-state index in [-0.39, 0.29) is 6.29 Å². The predicted molar refractivity (Wildman–Crippen MR) is 78.9 cm³/mol. The molecule has 0 saturated carbocycles. The summed E-state index contributed by atoms with van der Waals surface area (Å²) in [6.07, 6.45) is 3.03. The lowest BCUT2D eigenvalue weighted by atomic mass is 10.1. The molecule has 2 rings (SSSR count). The highest BCUT2D eigenvalue weighted by molar-refractivity contribution is 8.11. The molecule has 0 bridgehead atoms. The second-order valence-electron chi connectivity index (χ2n) is 4.31. The first-order valence-corrected chi connectivity index (χ1v) is 8.09. The quantitative estimate of drug-likeness (QED) is 0.634. The summed E-state index contributed by atoms with van der Waals surface area (Å²) >= 11 is 11.5. The van der Waals surface area contributed by atoms with Crippen molar-refractivity contribution in [2.24, 2.45) is 0 Å². The molecule has 6 heteroatoms. The molecule has 2 fully saturated rings. The Labute approximate surface area is 118 Å². The van der Waals surface area contributed by atoms with Crippen LogP contribution in [0.2, 0.25) is 0 Å². The topological polar surface area (TPSA) is 21.7 Å². The van der Waals surface area contributed by atoms with Crippen molar-refractivity contribution >= 4 is 40.9 Å². The Morgan fingerprint density at radius 2 is 2.12 bits per heavy atom. The zero-order valence-corrected chi connectivity index (χ0v) is 12.4. The molecule has 1 atom stereocenters. The molecule has 0 aromatic heterocycles. The molecule has 0 aromatic rings. The smallest absolute Gasteiger partial charge is 0.157 e. The van der Waals surface area contributed by atoms with Crippen molar-refractivity contribution in [2.75, 3.05) is 31.3 Å². The Kier molecular flexibility index (Phi) is 5.89. The van der Waals surface area contributed by atoms with Gasteiger partial charge in [0.05, 0.1) is 13.2 Å². The van der Waals surface area contributed by atoms with Crippen molar-refractivity contribution in [3.8, 4) is 0 Å². The van der Waals surface area contributed by atoms with Gasteiger partial charge in [0.1, 0.15) is 4.32 Å². The van der Waals surface area contributed by atoms with Gasteiger partial charge in [0.15, 0.2) is 6.29 Å². The van der Waals surface area contributed by atoms with Gasteiger partial charge in [-0.05, 0) is 12.8 Å². The lowest BCUT2D eigenvalue weighted by molar-refractivity contribution is -0.182. The van der Waals surface area contributed by atoms with Gasteiger partial charge in [0.2, 0.25) is 0 Å². The second kappa shape index (κ2) is 7.19. The van der Waals surface area contributed by atoms with Crippen LogP contribution >= 0.6 is 36.6 Å². The van der Waals surface area contributed by atoms with E-state index in [1.165, 1.54) is 0 Å². The van der Waals surface area contributed by atoms with Crippen molar-refractivity contribution in [3.63, 3.8) is 0 Å². The number of rotatable bonds is 3. The summed E-state index contributed by atoms with van der Waals surface area (Å²) in [6, 6.07) is 0.493. The van der Waals surface area contributed by atoms with E-state index in [4.69, 9.17) is 21.7 Å². The highest BCUT2D eigenvalue weighted by Gasteiger charge is 2.25. The van der Waals surface area contributed by atoms with Crippen LogP contribution < -0.4 is 0 Å². The van der Waals surface area contributed by atoms with Crippen molar-refractivity contribution in [1.29, 1.82) is 0 Å². The third kappa shape index (κ3) is 4.28. The summed E-state index contributed by atoms with van der Waals surface area (Å²) in [5, 5.41) is 0. The second-order valence-corrected chi connectivity index (χ2v) is 6.57. The average Bonchev–Trinajstić information content (AvgIpc) is 2.38. The Bertz CT molecular complexity index is 259. The molecule has 0 aromatic carbocycles. The SMILES string of the molecule is S=C(S)N1CCSCC1CCC1OCCCO1. The first kappa shape index (κ1) is 13.9. The third-order valence-corrected chi connectivity index (χ3v) is 4.69. The molecule has 3 nitrogen and oxygen atoms in total. The van der Waals surface area contributed by atoms with E-state index in [2.05, 4.69) is 17.5 Å². The summed E-state index contributed by atoms with van der Waals surface area (Å²) in [7, 11) is 0. The van der Waals surface area contributed by atoms with Crippen LogP contribution in [-0.4, -0.2) is 52.8 Å². The van der Waals surface area contributed by atoms with Gasteiger partial charge in [0, 0.05) is 30.5 Å². The number of nitrogens with zero attached hydrogens (tertiary/aromatic N) is 1. The molecule has 2 heterocycles.